The van der Waals surface area contributed by atoms with Gasteiger partial charge in [0.15, 0.2) is 0 Å². The third-order valence-electron chi connectivity index (χ3n) is 2.04. The highest BCUT2D eigenvalue weighted by Gasteiger charge is 2.24. The van der Waals surface area contributed by atoms with Crippen LogP contribution in [0.4, 0.5) is 8.78 Å². The fourth-order valence-corrected chi connectivity index (χ4v) is 1.27. The summed E-state index contributed by atoms with van der Waals surface area (Å²) in [5.41, 5.74) is 0.544. The lowest BCUT2D eigenvalue weighted by molar-refractivity contribution is 0.0174. The van der Waals surface area contributed by atoms with Gasteiger partial charge in [-0.2, -0.15) is 0 Å². The second-order valence-corrected chi connectivity index (χ2v) is 3.29. The molecule has 1 heterocycles. The van der Waals surface area contributed by atoms with Crippen molar-refractivity contribution in [3.8, 4) is 5.69 Å². The molecule has 0 saturated carbocycles. The number of aromatic nitrogens is 3. The van der Waals surface area contributed by atoms with Gasteiger partial charge >= 0.3 is 0 Å². The first-order valence-electron chi connectivity index (χ1n) is 4.42. The highest BCUT2D eigenvalue weighted by atomic mass is 19.3. The van der Waals surface area contributed by atoms with Gasteiger partial charge in [0, 0.05) is 12.5 Å². The Labute approximate surface area is 85.3 Å². The van der Waals surface area contributed by atoms with Crippen molar-refractivity contribution >= 4 is 0 Å². The molecule has 2 rings (SSSR count). The molecule has 15 heavy (non-hydrogen) atoms. The van der Waals surface area contributed by atoms with E-state index in [2.05, 4.69) is 10.3 Å². The molecule has 0 atom stereocenters. The molecular weight excluding hydrogens is 200 g/mol. The van der Waals surface area contributed by atoms with Gasteiger partial charge in [-0.1, -0.05) is 17.3 Å². The van der Waals surface area contributed by atoms with Crippen LogP contribution >= 0.6 is 0 Å². The molecule has 0 aliphatic rings. The van der Waals surface area contributed by atoms with Crippen LogP contribution in [0.5, 0.6) is 0 Å². The average molecular weight is 209 g/mol. The number of alkyl halides is 2. The number of benzene rings is 1. The molecule has 0 saturated heterocycles. The maximum Gasteiger partial charge on any atom is 0.270 e. The molecule has 0 N–H and O–H groups in total. The van der Waals surface area contributed by atoms with E-state index in [1.807, 2.05) is 0 Å². The van der Waals surface area contributed by atoms with Crippen LogP contribution < -0.4 is 0 Å². The monoisotopic (exact) mass is 209 g/mol. The Morgan fingerprint density at radius 1 is 1.33 bits per heavy atom. The molecule has 78 valence electrons. The molecule has 1 aromatic carbocycles. The van der Waals surface area contributed by atoms with Gasteiger partial charge in [-0.3, -0.25) is 0 Å². The fraction of sp³-hybridized carbons (Fsp3) is 0.200. The van der Waals surface area contributed by atoms with Crippen molar-refractivity contribution in [1.29, 1.82) is 0 Å². The van der Waals surface area contributed by atoms with E-state index in [9.17, 15) is 8.78 Å². The van der Waals surface area contributed by atoms with Crippen LogP contribution in [0.15, 0.2) is 36.7 Å². The first-order valence-corrected chi connectivity index (χ1v) is 4.42. The predicted molar refractivity (Wildman–Crippen MR) is 50.9 cm³/mol. The normalized spacial score (nSPS) is 11.7. The molecule has 0 aliphatic heterocycles. The number of hydrogen-bond donors (Lipinski definition) is 0. The van der Waals surface area contributed by atoms with Gasteiger partial charge in [0.25, 0.3) is 5.92 Å². The van der Waals surface area contributed by atoms with Crippen LogP contribution in [0, 0.1) is 0 Å². The summed E-state index contributed by atoms with van der Waals surface area (Å²) in [7, 11) is 0. The molecule has 0 radical (unpaired) electrons. The lowest BCUT2D eigenvalue weighted by Gasteiger charge is -2.11. The molecule has 0 spiro atoms. The summed E-state index contributed by atoms with van der Waals surface area (Å²) >= 11 is 0. The van der Waals surface area contributed by atoms with Gasteiger partial charge in [-0.15, -0.1) is 5.10 Å². The minimum absolute atomic E-state index is 0.0319. The molecule has 0 amide bonds. The molecule has 3 nitrogen and oxygen atoms in total. The van der Waals surface area contributed by atoms with E-state index in [0.717, 1.165) is 6.92 Å². The first kappa shape index (κ1) is 9.76. The topological polar surface area (TPSA) is 30.7 Å². The first-order chi connectivity index (χ1) is 7.07. The van der Waals surface area contributed by atoms with Gasteiger partial charge < -0.3 is 0 Å². The average Bonchev–Trinajstić information content (AvgIpc) is 2.69. The lowest BCUT2D eigenvalue weighted by atomic mass is 10.1. The third-order valence-corrected chi connectivity index (χ3v) is 2.04. The maximum absolute atomic E-state index is 13.0. The fourth-order valence-electron chi connectivity index (χ4n) is 1.27. The van der Waals surface area contributed by atoms with Crippen molar-refractivity contribution in [3.63, 3.8) is 0 Å². The number of rotatable bonds is 2. The minimum Gasteiger partial charge on any atom is -0.221 e. The Balaban J connectivity index is 2.44. The van der Waals surface area contributed by atoms with Crippen LogP contribution in [0.3, 0.4) is 0 Å². The van der Waals surface area contributed by atoms with Gasteiger partial charge in [0.1, 0.15) is 0 Å². The van der Waals surface area contributed by atoms with E-state index < -0.39 is 5.92 Å². The molecule has 0 aliphatic carbocycles. The Morgan fingerprint density at radius 2 is 2.13 bits per heavy atom. The molecular formula is C10H9F2N3. The summed E-state index contributed by atoms with van der Waals surface area (Å²) < 4.78 is 27.5. The van der Waals surface area contributed by atoms with E-state index in [1.54, 1.807) is 18.3 Å². The SMILES string of the molecule is CC(F)(F)c1cccc(-n2ccnn2)c1. The van der Waals surface area contributed by atoms with Gasteiger partial charge in [0.2, 0.25) is 0 Å². The summed E-state index contributed by atoms with van der Waals surface area (Å²) in [5, 5.41) is 7.35. The number of hydrogen-bond acceptors (Lipinski definition) is 2. The number of halogens is 2. The molecule has 1 aromatic heterocycles. The van der Waals surface area contributed by atoms with Crippen molar-refractivity contribution < 1.29 is 8.78 Å². The van der Waals surface area contributed by atoms with Crippen LogP contribution in [-0.2, 0) is 5.92 Å². The van der Waals surface area contributed by atoms with Crippen molar-refractivity contribution in [1.82, 2.24) is 15.0 Å². The van der Waals surface area contributed by atoms with Crippen LogP contribution in [0.25, 0.3) is 5.69 Å². The quantitative estimate of drug-likeness (QED) is 0.760. The zero-order valence-electron chi connectivity index (χ0n) is 8.06. The highest BCUT2D eigenvalue weighted by molar-refractivity contribution is 5.36. The van der Waals surface area contributed by atoms with Crippen molar-refractivity contribution in [2.45, 2.75) is 12.8 Å². The molecule has 2 aromatic rings. The predicted octanol–water partition coefficient (Wildman–Crippen LogP) is 2.38. The second kappa shape index (κ2) is 3.42. The summed E-state index contributed by atoms with van der Waals surface area (Å²) in [5.74, 6) is -2.84. The maximum atomic E-state index is 13.0. The lowest BCUT2D eigenvalue weighted by Crippen LogP contribution is -2.08. The summed E-state index contributed by atoms with van der Waals surface area (Å²) in [4.78, 5) is 0. The Bertz CT molecular complexity index is 446. The van der Waals surface area contributed by atoms with Gasteiger partial charge in [-0.25, -0.2) is 13.5 Å². The van der Waals surface area contributed by atoms with Gasteiger partial charge in [-0.05, 0) is 12.1 Å². The standard InChI is InChI=1S/C10H9F2N3/c1-10(11,12)8-3-2-4-9(7-8)15-6-5-13-14-15/h2-7H,1H3. The van der Waals surface area contributed by atoms with E-state index >= 15 is 0 Å². The molecule has 5 heteroatoms. The summed E-state index contributed by atoms with van der Waals surface area (Å²) in [6, 6.07) is 6.06. The Kier molecular flexibility index (Phi) is 2.22. The van der Waals surface area contributed by atoms with E-state index in [1.165, 1.54) is 23.0 Å². The third kappa shape index (κ3) is 2.01. The largest absolute Gasteiger partial charge is 0.270 e. The van der Waals surface area contributed by atoms with Crippen LogP contribution in [0.2, 0.25) is 0 Å². The summed E-state index contributed by atoms with van der Waals surface area (Å²) in [6.07, 6.45) is 3.10. The highest BCUT2D eigenvalue weighted by Crippen LogP contribution is 2.27. The van der Waals surface area contributed by atoms with E-state index in [0.29, 0.717) is 5.69 Å². The molecule has 0 bridgehead atoms. The zero-order chi connectivity index (χ0) is 10.9. The number of nitrogens with zero attached hydrogens (tertiary/aromatic N) is 3. The zero-order valence-corrected chi connectivity index (χ0v) is 8.06. The van der Waals surface area contributed by atoms with E-state index in [-0.39, 0.29) is 5.56 Å². The van der Waals surface area contributed by atoms with Crippen molar-refractivity contribution in [3.05, 3.63) is 42.2 Å². The molecule has 0 fully saturated rings. The van der Waals surface area contributed by atoms with Crippen molar-refractivity contribution in [2.75, 3.05) is 0 Å². The molecule has 0 unspecified atom stereocenters. The Hall–Kier alpha value is -1.78. The van der Waals surface area contributed by atoms with Crippen molar-refractivity contribution in [2.24, 2.45) is 0 Å². The Morgan fingerprint density at radius 3 is 2.73 bits per heavy atom. The second-order valence-electron chi connectivity index (χ2n) is 3.29. The summed E-state index contributed by atoms with van der Waals surface area (Å²) in [6.45, 7) is 0.869. The van der Waals surface area contributed by atoms with Crippen LogP contribution in [-0.4, -0.2) is 15.0 Å². The van der Waals surface area contributed by atoms with E-state index in [4.69, 9.17) is 0 Å². The smallest absolute Gasteiger partial charge is 0.221 e. The van der Waals surface area contributed by atoms with Gasteiger partial charge in [0.05, 0.1) is 18.1 Å². The van der Waals surface area contributed by atoms with Crippen LogP contribution in [0.1, 0.15) is 12.5 Å². The minimum atomic E-state index is -2.84.